The van der Waals surface area contributed by atoms with Crippen molar-refractivity contribution in [2.24, 2.45) is 11.3 Å². The first-order valence-electron chi connectivity index (χ1n) is 8.67. The zero-order chi connectivity index (χ0) is 18.4. The van der Waals surface area contributed by atoms with Crippen LogP contribution >= 0.6 is 0 Å². The molecule has 6 heteroatoms. The van der Waals surface area contributed by atoms with Gasteiger partial charge in [-0.1, -0.05) is 44.2 Å². The Kier molecular flexibility index (Phi) is 6.17. The van der Waals surface area contributed by atoms with Gasteiger partial charge in [0, 0.05) is 0 Å². The van der Waals surface area contributed by atoms with Crippen molar-refractivity contribution in [2.75, 3.05) is 6.54 Å². The van der Waals surface area contributed by atoms with E-state index in [0.29, 0.717) is 12.8 Å². The largest absolute Gasteiger partial charge is 0.480 e. The summed E-state index contributed by atoms with van der Waals surface area (Å²) >= 11 is 0. The Balaban J connectivity index is 1.83. The highest BCUT2D eigenvalue weighted by atomic mass is 16.4. The number of benzene rings is 1. The van der Waals surface area contributed by atoms with E-state index in [1.807, 2.05) is 44.2 Å². The predicted octanol–water partition coefficient (Wildman–Crippen LogP) is 1.74. The summed E-state index contributed by atoms with van der Waals surface area (Å²) in [6.45, 7) is 3.59. The van der Waals surface area contributed by atoms with E-state index in [-0.39, 0.29) is 18.4 Å². The molecule has 0 unspecified atom stereocenters. The Hall–Kier alpha value is -2.37. The lowest BCUT2D eigenvalue weighted by atomic mass is 9.95. The number of carboxylic acid groups (broad SMARTS) is 1. The topological polar surface area (TPSA) is 95.5 Å². The zero-order valence-electron chi connectivity index (χ0n) is 14.7. The van der Waals surface area contributed by atoms with Gasteiger partial charge in [0.25, 0.3) is 0 Å². The second-order valence-corrected chi connectivity index (χ2v) is 7.21. The molecule has 1 aromatic carbocycles. The minimum Gasteiger partial charge on any atom is -0.480 e. The van der Waals surface area contributed by atoms with Crippen molar-refractivity contribution in [2.45, 2.75) is 45.6 Å². The molecule has 25 heavy (non-hydrogen) atoms. The summed E-state index contributed by atoms with van der Waals surface area (Å²) in [7, 11) is 0. The summed E-state index contributed by atoms with van der Waals surface area (Å²) in [6.07, 6.45) is 2.63. The molecule has 1 aromatic rings. The van der Waals surface area contributed by atoms with Gasteiger partial charge in [0.1, 0.15) is 6.04 Å². The molecule has 1 saturated carbocycles. The maximum absolute atomic E-state index is 12.4. The van der Waals surface area contributed by atoms with Gasteiger partial charge in [-0.25, -0.2) is 4.79 Å². The van der Waals surface area contributed by atoms with Gasteiger partial charge < -0.3 is 15.7 Å². The number of carbonyl (C=O) groups excluding carboxylic acids is 2. The van der Waals surface area contributed by atoms with Crippen molar-refractivity contribution in [3.8, 4) is 0 Å². The fourth-order valence-corrected chi connectivity index (χ4v) is 2.91. The third kappa shape index (κ3) is 5.59. The first-order valence-corrected chi connectivity index (χ1v) is 8.67. The molecule has 0 radical (unpaired) electrons. The highest BCUT2D eigenvalue weighted by molar-refractivity contribution is 5.91. The number of hydrogen-bond acceptors (Lipinski definition) is 3. The second kappa shape index (κ2) is 8.14. The maximum Gasteiger partial charge on any atom is 0.326 e. The standard InChI is InChI=1S/C19H26N2O4/c1-13(2)10-15(17(23)24)21-16(22)12-20-18(25)19(8-9-19)11-14-6-4-3-5-7-14/h3-7,13,15H,8-12H2,1-2H3,(H,20,25)(H,21,22)(H,23,24)/t15-/m0/s1. The van der Waals surface area contributed by atoms with Crippen LogP contribution in [0.25, 0.3) is 0 Å². The van der Waals surface area contributed by atoms with Gasteiger partial charge in [0.15, 0.2) is 0 Å². The molecule has 0 spiro atoms. The lowest BCUT2D eigenvalue weighted by molar-refractivity contribution is -0.142. The van der Waals surface area contributed by atoms with Gasteiger partial charge in [0.2, 0.25) is 11.8 Å². The molecule has 1 aliphatic carbocycles. The molecule has 136 valence electrons. The molecular weight excluding hydrogens is 320 g/mol. The minimum absolute atomic E-state index is 0.137. The van der Waals surface area contributed by atoms with Crippen molar-refractivity contribution < 1.29 is 19.5 Å². The summed E-state index contributed by atoms with van der Waals surface area (Å²) in [5.41, 5.74) is 0.675. The second-order valence-electron chi connectivity index (χ2n) is 7.21. The van der Waals surface area contributed by atoms with E-state index in [0.717, 1.165) is 18.4 Å². The van der Waals surface area contributed by atoms with Crippen LogP contribution in [0.15, 0.2) is 30.3 Å². The normalized spacial score (nSPS) is 16.1. The minimum atomic E-state index is -1.06. The highest BCUT2D eigenvalue weighted by Gasteiger charge is 2.49. The van der Waals surface area contributed by atoms with Crippen molar-refractivity contribution in [1.29, 1.82) is 0 Å². The number of hydrogen-bond donors (Lipinski definition) is 3. The molecule has 2 amide bonds. The Morgan fingerprint density at radius 1 is 1.16 bits per heavy atom. The number of amides is 2. The zero-order valence-corrected chi connectivity index (χ0v) is 14.7. The van der Waals surface area contributed by atoms with Crippen molar-refractivity contribution in [3.05, 3.63) is 35.9 Å². The quantitative estimate of drug-likeness (QED) is 0.635. The average molecular weight is 346 g/mol. The Bertz CT molecular complexity index is 624. The molecule has 1 fully saturated rings. The van der Waals surface area contributed by atoms with Crippen molar-refractivity contribution >= 4 is 17.8 Å². The van der Waals surface area contributed by atoms with E-state index in [1.165, 1.54) is 0 Å². The van der Waals surface area contributed by atoms with E-state index in [2.05, 4.69) is 10.6 Å². The maximum atomic E-state index is 12.4. The van der Waals surface area contributed by atoms with Crippen LogP contribution in [0.1, 0.15) is 38.7 Å². The third-order valence-electron chi connectivity index (χ3n) is 4.47. The Morgan fingerprint density at radius 2 is 1.80 bits per heavy atom. The SMILES string of the molecule is CC(C)C[C@H](NC(=O)CNC(=O)C1(Cc2ccccc2)CC1)C(=O)O. The monoisotopic (exact) mass is 346 g/mol. The van der Waals surface area contributed by atoms with Gasteiger partial charge in [-0.2, -0.15) is 0 Å². The lowest BCUT2D eigenvalue weighted by Crippen LogP contribution is -2.47. The van der Waals surface area contributed by atoms with Crippen LogP contribution in [0.5, 0.6) is 0 Å². The summed E-state index contributed by atoms with van der Waals surface area (Å²) in [5, 5.41) is 14.3. The molecule has 0 heterocycles. The number of carboxylic acids is 1. The van der Waals surface area contributed by atoms with E-state index in [1.54, 1.807) is 0 Å². The smallest absolute Gasteiger partial charge is 0.326 e. The molecular formula is C19H26N2O4. The molecule has 1 atom stereocenters. The molecule has 1 aliphatic rings. The van der Waals surface area contributed by atoms with Gasteiger partial charge >= 0.3 is 5.97 Å². The fraction of sp³-hybridized carbons (Fsp3) is 0.526. The molecule has 0 aromatic heterocycles. The van der Waals surface area contributed by atoms with Gasteiger partial charge in [0.05, 0.1) is 12.0 Å². The predicted molar refractivity (Wildman–Crippen MR) is 93.8 cm³/mol. The molecule has 6 nitrogen and oxygen atoms in total. The first kappa shape index (κ1) is 19.0. The fourth-order valence-electron chi connectivity index (χ4n) is 2.91. The van der Waals surface area contributed by atoms with Crippen molar-refractivity contribution in [3.63, 3.8) is 0 Å². The summed E-state index contributed by atoms with van der Waals surface area (Å²) in [4.78, 5) is 35.6. The van der Waals surface area contributed by atoms with Crippen LogP contribution in [0.2, 0.25) is 0 Å². The van der Waals surface area contributed by atoms with Gasteiger partial charge in [-0.3, -0.25) is 9.59 Å². The van der Waals surface area contributed by atoms with Crippen LogP contribution in [-0.2, 0) is 20.8 Å². The van der Waals surface area contributed by atoms with E-state index >= 15 is 0 Å². The third-order valence-corrected chi connectivity index (χ3v) is 4.47. The van der Waals surface area contributed by atoms with E-state index in [9.17, 15) is 14.4 Å². The number of nitrogens with one attached hydrogen (secondary N) is 2. The molecule has 0 saturated heterocycles. The van der Waals surface area contributed by atoms with Crippen LogP contribution in [0, 0.1) is 11.3 Å². The van der Waals surface area contributed by atoms with Gasteiger partial charge in [-0.15, -0.1) is 0 Å². The number of rotatable bonds is 9. The van der Waals surface area contributed by atoms with Crippen LogP contribution in [-0.4, -0.2) is 35.5 Å². The average Bonchev–Trinajstić information content (AvgIpc) is 3.33. The lowest BCUT2D eigenvalue weighted by Gasteiger charge is -2.18. The molecule has 2 rings (SSSR count). The number of aliphatic carboxylic acids is 1. The van der Waals surface area contributed by atoms with Crippen LogP contribution < -0.4 is 10.6 Å². The number of carbonyl (C=O) groups is 3. The van der Waals surface area contributed by atoms with E-state index in [4.69, 9.17) is 5.11 Å². The Labute approximate surface area is 148 Å². The summed E-state index contributed by atoms with van der Waals surface area (Å²) < 4.78 is 0. The van der Waals surface area contributed by atoms with Crippen LogP contribution in [0.4, 0.5) is 0 Å². The van der Waals surface area contributed by atoms with Crippen LogP contribution in [0.3, 0.4) is 0 Å². The summed E-state index contributed by atoms with van der Waals surface area (Å²) in [5.74, 6) is -1.52. The highest BCUT2D eigenvalue weighted by Crippen LogP contribution is 2.48. The van der Waals surface area contributed by atoms with Crippen molar-refractivity contribution in [1.82, 2.24) is 10.6 Å². The molecule has 0 bridgehead atoms. The Morgan fingerprint density at radius 3 is 2.32 bits per heavy atom. The van der Waals surface area contributed by atoms with Gasteiger partial charge in [-0.05, 0) is 37.2 Å². The molecule has 3 N–H and O–H groups in total. The summed E-state index contributed by atoms with van der Waals surface area (Å²) in [6, 6.07) is 8.87. The first-order chi connectivity index (χ1) is 11.8. The molecule has 0 aliphatic heterocycles. The van der Waals surface area contributed by atoms with E-state index < -0.39 is 23.3 Å².